The van der Waals surface area contributed by atoms with Crippen LogP contribution in [0.25, 0.3) is 10.9 Å². The zero-order valence-corrected chi connectivity index (χ0v) is 20.0. The molecule has 0 unspecified atom stereocenters. The van der Waals surface area contributed by atoms with Crippen molar-refractivity contribution in [3.8, 4) is 5.75 Å². The quantitative estimate of drug-likeness (QED) is 0.547. The molecular weight excluding hydrogens is 455 g/mol. The lowest BCUT2D eigenvalue weighted by molar-refractivity contribution is 0.147. The number of halogens is 1. The third-order valence-electron chi connectivity index (χ3n) is 6.20. The minimum absolute atomic E-state index is 0.312. The number of thioether (sulfide) groups is 1. The highest BCUT2D eigenvalue weighted by atomic mass is 32.2. The van der Waals surface area contributed by atoms with Gasteiger partial charge in [-0.3, -0.25) is 9.88 Å². The minimum Gasteiger partial charge on any atom is -0.497 e. The summed E-state index contributed by atoms with van der Waals surface area (Å²) in [6.45, 7) is 4.37. The number of hydrogen-bond acceptors (Lipinski definition) is 7. The summed E-state index contributed by atoms with van der Waals surface area (Å²) < 4.78 is 25.7. The van der Waals surface area contributed by atoms with E-state index in [1.165, 1.54) is 11.0 Å². The maximum absolute atomic E-state index is 14.8. The lowest BCUT2D eigenvalue weighted by atomic mass is 10.1. The zero-order valence-electron chi connectivity index (χ0n) is 19.2. The van der Waals surface area contributed by atoms with Crippen molar-refractivity contribution >= 4 is 45.8 Å². The number of nitrogens with zero attached hydrogens (tertiary/aromatic N) is 3. The van der Waals surface area contributed by atoms with Crippen molar-refractivity contribution in [3.63, 3.8) is 0 Å². The van der Waals surface area contributed by atoms with E-state index in [2.05, 4.69) is 15.2 Å². The Morgan fingerprint density at radius 3 is 2.79 bits per heavy atom. The van der Waals surface area contributed by atoms with Crippen molar-refractivity contribution in [2.75, 3.05) is 59.9 Å². The van der Waals surface area contributed by atoms with Gasteiger partial charge in [0.1, 0.15) is 17.7 Å². The molecule has 0 radical (unpaired) electrons. The number of carbonyl (C=O) groups is 1. The van der Waals surface area contributed by atoms with Crippen molar-refractivity contribution in [2.24, 2.45) is 0 Å². The number of aromatic nitrogens is 1. The number of cyclic esters (lactones) is 1. The van der Waals surface area contributed by atoms with Crippen LogP contribution in [0.4, 0.5) is 26.2 Å². The number of pyridine rings is 1. The normalized spacial score (nSPS) is 18.3. The average Bonchev–Trinajstić information content (AvgIpc) is 3.23. The number of fused-ring (bicyclic) bond motifs is 1. The van der Waals surface area contributed by atoms with Gasteiger partial charge in [0.15, 0.2) is 0 Å². The fourth-order valence-corrected chi connectivity index (χ4v) is 5.24. The Labute approximate surface area is 202 Å². The Bertz CT molecular complexity index is 1220. The molecule has 0 bridgehead atoms. The van der Waals surface area contributed by atoms with Crippen molar-refractivity contribution in [1.82, 2.24) is 4.98 Å². The largest absolute Gasteiger partial charge is 0.497 e. The summed E-state index contributed by atoms with van der Waals surface area (Å²) >= 11 is 1.88. The number of benzene rings is 2. The van der Waals surface area contributed by atoms with Crippen molar-refractivity contribution < 1.29 is 18.7 Å². The number of anilines is 3. The summed E-state index contributed by atoms with van der Waals surface area (Å²) in [5.41, 5.74) is 3.68. The summed E-state index contributed by atoms with van der Waals surface area (Å²) in [6, 6.07) is 12.8. The van der Waals surface area contributed by atoms with Crippen LogP contribution in [0.15, 0.2) is 42.5 Å². The van der Waals surface area contributed by atoms with Crippen LogP contribution < -0.4 is 19.9 Å². The number of carbonyl (C=O) groups excluding carboxylic acids is 1. The third-order valence-corrected chi connectivity index (χ3v) is 7.15. The van der Waals surface area contributed by atoms with Crippen LogP contribution in [0.1, 0.15) is 5.69 Å². The second-order valence-electron chi connectivity index (χ2n) is 8.41. The van der Waals surface area contributed by atoms with E-state index >= 15 is 0 Å². The highest BCUT2D eigenvalue weighted by molar-refractivity contribution is 7.99. The van der Waals surface area contributed by atoms with Crippen LogP contribution in [0.3, 0.4) is 0 Å². The van der Waals surface area contributed by atoms with E-state index in [0.29, 0.717) is 24.5 Å². The van der Waals surface area contributed by atoms with Crippen molar-refractivity contribution in [2.45, 2.75) is 13.0 Å². The Morgan fingerprint density at radius 1 is 1.21 bits per heavy atom. The Kier molecular flexibility index (Phi) is 6.36. The van der Waals surface area contributed by atoms with Crippen LogP contribution in [0.2, 0.25) is 0 Å². The Morgan fingerprint density at radius 2 is 2.03 bits per heavy atom. The molecule has 0 aliphatic carbocycles. The number of methoxy groups -OCH3 is 1. The lowest BCUT2D eigenvalue weighted by Crippen LogP contribution is -2.33. The molecule has 2 saturated heterocycles. The van der Waals surface area contributed by atoms with Gasteiger partial charge < -0.3 is 19.7 Å². The number of aryl methyl sites for hydroxylation is 1. The van der Waals surface area contributed by atoms with E-state index < -0.39 is 6.09 Å². The van der Waals surface area contributed by atoms with Crippen LogP contribution in [-0.4, -0.2) is 62.0 Å². The van der Waals surface area contributed by atoms with Gasteiger partial charge in [-0.15, -0.1) is 0 Å². The smallest absolute Gasteiger partial charge is 0.414 e. The average molecular weight is 483 g/mol. The van der Waals surface area contributed by atoms with E-state index in [1.807, 2.05) is 43.0 Å². The predicted octanol–water partition coefficient (Wildman–Crippen LogP) is 4.68. The first-order valence-electron chi connectivity index (χ1n) is 11.3. The number of nitrogens with one attached hydrogen (secondary N) is 1. The van der Waals surface area contributed by atoms with Gasteiger partial charge in [-0.25, -0.2) is 9.18 Å². The first-order chi connectivity index (χ1) is 16.5. The van der Waals surface area contributed by atoms with E-state index in [-0.39, 0.29) is 11.9 Å². The first kappa shape index (κ1) is 22.6. The molecule has 9 heteroatoms. The molecular formula is C25H27FN4O3S. The molecule has 0 spiro atoms. The van der Waals surface area contributed by atoms with Gasteiger partial charge in [-0.1, -0.05) is 0 Å². The summed E-state index contributed by atoms with van der Waals surface area (Å²) in [5, 5.41) is 4.34. The van der Waals surface area contributed by atoms with Crippen LogP contribution in [-0.2, 0) is 4.74 Å². The van der Waals surface area contributed by atoms with E-state index in [1.54, 1.807) is 19.2 Å². The van der Waals surface area contributed by atoms with Gasteiger partial charge >= 0.3 is 6.09 Å². The summed E-state index contributed by atoms with van der Waals surface area (Å²) in [4.78, 5) is 20.7. The molecule has 0 saturated carbocycles. The highest BCUT2D eigenvalue weighted by Crippen LogP contribution is 2.30. The monoisotopic (exact) mass is 482 g/mol. The molecule has 1 aromatic heterocycles. The maximum atomic E-state index is 14.8. The first-order valence-corrected chi connectivity index (χ1v) is 12.5. The van der Waals surface area contributed by atoms with E-state index in [0.717, 1.165) is 52.6 Å². The molecule has 1 amide bonds. The number of hydrogen-bond donors (Lipinski definition) is 1. The van der Waals surface area contributed by atoms with Crippen LogP contribution in [0.5, 0.6) is 5.75 Å². The van der Waals surface area contributed by atoms with Crippen LogP contribution >= 0.6 is 11.8 Å². The molecule has 2 aliphatic rings. The molecule has 5 rings (SSSR count). The molecule has 7 nitrogen and oxygen atoms in total. The van der Waals surface area contributed by atoms with Gasteiger partial charge in [0.25, 0.3) is 0 Å². The topological polar surface area (TPSA) is 66.9 Å². The van der Waals surface area contributed by atoms with Gasteiger partial charge in [0.2, 0.25) is 0 Å². The summed E-state index contributed by atoms with van der Waals surface area (Å²) in [5.74, 6) is 2.44. The molecule has 2 aliphatic heterocycles. The summed E-state index contributed by atoms with van der Waals surface area (Å²) in [7, 11) is 1.63. The molecule has 3 heterocycles. The minimum atomic E-state index is -0.464. The molecule has 1 atom stereocenters. The third kappa shape index (κ3) is 4.57. The Balaban J connectivity index is 1.25. The maximum Gasteiger partial charge on any atom is 0.414 e. The van der Waals surface area contributed by atoms with E-state index in [9.17, 15) is 9.18 Å². The molecule has 2 aromatic carbocycles. The van der Waals surface area contributed by atoms with Crippen molar-refractivity contribution in [3.05, 3.63) is 54.0 Å². The fraction of sp³-hybridized carbons (Fsp3) is 0.360. The van der Waals surface area contributed by atoms with Gasteiger partial charge in [-0.2, -0.15) is 11.8 Å². The molecule has 2 fully saturated rings. The second-order valence-corrected chi connectivity index (χ2v) is 9.64. The molecule has 34 heavy (non-hydrogen) atoms. The Hall–Kier alpha value is -3.20. The lowest BCUT2D eigenvalue weighted by Gasteiger charge is -2.29. The molecule has 3 aromatic rings. The van der Waals surface area contributed by atoms with E-state index in [4.69, 9.17) is 9.47 Å². The predicted molar refractivity (Wildman–Crippen MR) is 135 cm³/mol. The van der Waals surface area contributed by atoms with Gasteiger partial charge in [-0.05, 0) is 43.3 Å². The second kappa shape index (κ2) is 9.58. The number of ether oxygens (including phenoxy) is 2. The molecule has 1 N–H and O–H groups in total. The van der Waals surface area contributed by atoms with Crippen molar-refractivity contribution in [1.29, 1.82) is 0 Å². The zero-order chi connectivity index (χ0) is 23.7. The highest BCUT2D eigenvalue weighted by Gasteiger charge is 2.33. The SMILES string of the molecule is COc1ccc2cc(NC[C@H]3CN(c4ccc(N5CCSCC5)c(F)c4)C(=O)O3)c(C)nc2c1. The number of rotatable bonds is 6. The fourth-order valence-electron chi connectivity index (χ4n) is 4.34. The molecule has 178 valence electrons. The standard InChI is InChI=1S/C25H27FN4O3S/c1-16-22(11-17-3-5-19(32-2)13-23(17)28-16)27-14-20-15-30(25(31)33-20)18-4-6-24(21(26)12-18)29-7-9-34-10-8-29/h3-6,11-13,20,27H,7-10,14-15H2,1-2H3/t20-/m0/s1. The number of amides is 1. The summed E-state index contributed by atoms with van der Waals surface area (Å²) in [6.07, 6.45) is -0.825. The van der Waals surface area contributed by atoms with Crippen LogP contribution in [0, 0.1) is 12.7 Å². The van der Waals surface area contributed by atoms with Gasteiger partial charge in [0, 0.05) is 36.0 Å². The van der Waals surface area contributed by atoms with Gasteiger partial charge in [0.05, 0.1) is 48.5 Å².